The standard InChI is InChI=1S/C38H21NO2/c40-37-26-12-2-1-10-22(26)24-13-9-14-25-28-20-27-23-11-3-4-15-29(23)38(32(27)21-33(28)39(37)36(24)25)30-16-5-7-18-34(30)41-35-19-8-6-17-31(35)38/h1-21H. The lowest BCUT2D eigenvalue weighted by atomic mass is 9.66. The SMILES string of the molecule is O=c1c2ccccc2c2cccc3c4cc5c(cc4n1c23)C1(c2ccccc2Oc2ccccc21)c1ccccc1-5. The normalized spacial score (nSPS) is 14.3. The van der Waals surface area contributed by atoms with E-state index in [-0.39, 0.29) is 5.56 Å². The van der Waals surface area contributed by atoms with Gasteiger partial charge in [0.25, 0.3) is 5.56 Å². The van der Waals surface area contributed by atoms with E-state index >= 15 is 0 Å². The van der Waals surface area contributed by atoms with Gasteiger partial charge in [0.1, 0.15) is 11.5 Å². The average Bonchev–Trinajstić information content (AvgIpc) is 3.50. The molecule has 0 bridgehead atoms. The van der Waals surface area contributed by atoms with Crippen molar-refractivity contribution in [3.05, 3.63) is 160 Å². The van der Waals surface area contributed by atoms with Gasteiger partial charge >= 0.3 is 0 Å². The maximum atomic E-state index is 14.2. The smallest absolute Gasteiger partial charge is 0.263 e. The largest absolute Gasteiger partial charge is 0.457 e. The molecule has 0 fully saturated rings. The van der Waals surface area contributed by atoms with E-state index in [0.29, 0.717) is 0 Å². The predicted molar refractivity (Wildman–Crippen MR) is 165 cm³/mol. The third kappa shape index (κ3) is 2.37. The molecule has 1 aliphatic heterocycles. The van der Waals surface area contributed by atoms with E-state index in [9.17, 15) is 4.79 Å². The number of ether oxygens (including phenoxy) is 1. The fourth-order valence-electron chi connectivity index (χ4n) is 7.86. The highest BCUT2D eigenvalue weighted by atomic mass is 16.5. The molecular formula is C38H21NO2. The highest BCUT2D eigenvalue weighted by Gasteiger charge is 2.51. The van der Waals surface area contributed by atoms with Crippen molar-refractivity contribution in [2.75, 3.05) is 0 Å². The van der Waals surface area contributed by atoms with Gasteiger partial charge < -0.3 is 4.74 Å². The monoisotopic (exact) mass is 523 g/mol. The van der Waals surface area contributed by atoms with Crippen molar-refractivity contribution in [3.8, 4) is 22.6 Å². The molecule has 190 valence electrons. The van der Waals surface area contributed by atoms with Gasteiger partial charge in [0.2, 0.25) is 0 Å². The van der Waals surface area contributed by atoms with E-state index in [0.717, 1.165) is 60.6 Å². The van der Waals surface area contributed by atoms with Gasteiger partial charge in [0.15, 0.2) is 0 Å². The van der Waals surface area contributed by atoms with Gasteiger partial charge in [-0.15, -0.1) is 0 Å². The fraction of sp³-hybridized carbons (Fsp3) is 0.0263. The molecule has 6 aromatic carbocycles. The van der Waals surface area contributed by atoms with Gasteiger partial charge in [-0.1, -0.05) is 97.1 Å². The maximum absolute atomic E-state index is 14.2. The van der Waals surface area contributed by atoms with Crippen LogP contribution in [0.5, 0.6) is 11.5 Å². The van der Waals surface area contributed by atoms with Gasteiger partial charge in [-0.05, 0) is 58.0 Å². The summed E-state index contributed by atoms with van der Waals surface area (Å²) in [6.07, 6.45) is 0. The molecule has 0 saturated heterocycles. The van der Waals surface area contributed by atoms with Gasteiger partial charge in [-0.3, -0.25) is 9.20 Å². The Balaban J connectivity index is 1.46. The molecule has 0 unspecified atom stereocenters. The van der Waals surface area contributed by atoms with Crippen LogP contribution >= 0.6 is 0 Å². The molecule has 0 atom stereocenters. The Hall–Kier alpha value is -5.41. The number of para-hydroxylation sites is 3. The van der Waals surface area contributed by atoms with Crippen LogP contribution in [0.1, 0.15) is 22.3 Å². The molecule has 0 radical (unpaired) electrons. The van der Waals surface area contributed by atoms with Gasteiger partial charge in [-0.2, -0.15) is 0 Å². The zero-order valence-corrected chi connectivity index (χ0v) is 21.9. The Morgan fingerprint density at radius 2 is 1.07 bits per heavy atom. The zero-order valence-electron chi connectivity index (χ0n) is 21.9. The lowest BCUT2D eigenvalue weighted by molar-refractivity contribution is 0.436. The topological polar surface area (TPSA) is 30.7 Å². The zero-order chi connectivity index (χ0) is 26.9. The van der Waals surface area contributed by atoms with Crippen molar-refractivity contribution in [1.29, 1.82) is 0 Å². The van der Waals surface area contributed by atoms with Crippen LogP contribution in [-0.4, -0.2) is 4.40 Å². The second-order valence-corrected chi connectivity index (χ2v) is 11.2. The first-order chi connectivity index (χ1) is 20.3. The number of fused-ring (bicyclic) bond motifs is 14. The Morgan fingerprint density at radius 3 is 1.83 bits per heavy atom. The van der Waals surface area contributed by atoms with Crippen LogP contribution in [0.2, 0.25) is 0 Å². The Kier molecular flexibility index (Phi) is 3.76. The van der Waals surface area contributed by atoms with E-state index in [2.05, 4.69) is 97.1 Å². The quantitative estimate of drug-likeness (QED) is 0.186. The van der Waals surface area contributed by atoms with Crippen molar-refractivity contribution in [1.82, 2.24) is 4.40 Å². The predicted octanol–water partition coefficient (Wildman–Crippen LogP) is 8.67. The first-order valence-electron chi connectivity index (χ1n) is 14.0. The highest BCUT2D eigenvalue weighted by Crippen LogP contribution is 2.62. The Morgan fingerprint density at radius 1 is 0.488 bits per heavy atom. The van der Waals surface area contributed by atoms with E-state index in [4.69, 9.17) is 4.74 Å². The van der Waals surface area contributed by atoms with E-state index in [1.165, 1.54) is 22.3 Å². The van der Waals surface area contributed by atoms with Crippen LogP contribution in [0.25, 0.3) is 49.1 Å². The Bertz CT molecular complexity index is 2440. The second-order valence-electron chi connectivity index (χ2n) is 11.2. The first kappa shape index (κ1) is 21.4. The lowest BCUT2D eigenvalue weighted by Crippen LogP contribution is -2.32. The van der Waals surface area contributed by atoms with Crippen LogP contribution in [0.3, 0.4) is 0 Å². The highest BCUT2D eigenvalue weighted by molar-refractivity contribution is 6.21. The van der Waals surface area contributed by atoms with Crippen LogP contribution in [0.4, 0.5) is 0 Å². The molecule has 2 aromatic heterocycles. The summed E-state index contributed by atoms with van der Waals surface area (Å²) >= 11 is 0. The number of hydrogen-bond donors (Lipinski definition) is 0. The van der Waals surface area contributed by atoms with Crippen LogP contribution in [0, 0.1) is 0 Å². The third-order valence-electron chi connectivity index (χ3n) is 9.40. The van der Waals surface area contributed by atoms with E-state index < -0.39 is 5.41 Å². The number of rotatable bonds is 0. The van der Waals surface area contributed by atoms with Gasteiger partial charge in [0, 0.05) is 32.7 Å². The molecule has 0 N–H and O–H groups in total. The summed E-state index contributed by atoms with van der Waals surface area (Å²) in [5, 5.41) is 5.05. The van der Waals surface area contributed by atoms with Crippen LogP contribution in [-0.2, 0) is 5.41 Å². The third-order valence-corrected chi connectivity index (χ3v) is 9.40. The number of benzene rings is 6. The fourth-order valence-corrected chi connectivity index (χ4v) is 7.86. The molecule has 0 amide bonds. The second kappa shape index (κ2) is 7.21. The van der Waals surface area contributed by atoms with Crippen molar-refractivity contribution >= 4 is 38.0 Å². The number of hydrogen-bond acceptors (Lipinski definition) is 2. The van der Waals surface area contributed by atoms with Crippen molar-refractivity contribution in [3.63, 3.8) is 0 Å². The van der Waals surface area contributed by atoms with Crippen LogP contribution < -0.4 is 10.3 Å². The van der Waals surface area contributed by atoms with Gasteiger partial charge in [0.05, 0.1) is 16.4 Å². The summed E-state index contributed by atoms with van der Waals surface area (Å²) in [5.74, 6) is 1.73. The summed E-state index contributed by atoms with van der Waals surface area (Å²) in [5.41, 5.74) is 8.48. The summed E-state index contributed by atoms with van der Waals surface area (Å²) in [7, 11) is 0. The van der Waals surface area contributed by atoms with E-state index in [1.807, 2.05) is 34.7 Å². The number of aromatic nitrogens is 1. The van der Waals surface area contributed by atoms with Crippen molar-refractivity contribution < 1.29 is 4.74 Å². The minimum atomic E-state index is -0.569. The molecule has 41 heavy (non-hydrogen) atoms. The molecule has 1 spiro atoms. The molecule has 3 nitrogen and oxygen atoms in total. The average molecular weight is 524 g/mol. The molecule has 8 aromatic rings. The molecule has 0 saturated carbocycles. The minimum Gasteiger partial charge on any atom is -0.457 e. The van der Waals surface area contributed by atoms with Gasteiger partial charge in [-0.25, -0.2) is 0 Å². The molecule has 10 rings (SSSR count). The number of pyridine rings is 1. The molecule has 1 aliphatic carbocycles. The lowest BCUT2D eigenvalue weighted by Gasteiger charge is -2.39. The van der Waals surface area contributed by atoms with Crippen LogP contribution in [0.15, 0.2) is 132 Å². The Labute approximate surface area is 234 Å². The molecular weight excluding hydrogens is 502 g/mol. The molecule has 3 heteroatoms. The summed E-state index contributed by atoms with van der Waals surface area (Å²) < 4.78 is 8.45. The first-order valence-corrected chi connectivity index (χ1v) is 14.0. The number of nitrogens with zero attached hydrogens (tertiary/aromatic N) is 1. The minimum absolute atomic E-state index is 0.0246. The van der Waals surface area contributed by atoms with E-state index in [1.54, 1.807) is 0 Å². The summed E-state index contributed by atoms with van der Waals surface area (Å²) in [6.45, 7) is 0. The summed E-state index contributed by atoms with van der Waals surface area (Å²) in [4.78, 5) is 14.2. The molecule has 3 heterocycles. The van der Waals surface area contributed by atoms with Crippen molar-refractivity contribution in [2.24, 2.45) is 0 Å². The van der Waals surface area contributed by atoms with Crippen molar-refractivity contribution in [2.45, 2.75) is 5.41 Å². The molecule has 2 aliphatic rings. The maximum Gasteiger partial charge on any atom is 0.263 e. The summed E-state index contributed by atoms with van der Waals surface area (Å²) in [6, 6.07) is 44.5.